The van der Waals surface area contributed by atoms with E-state index in [1.54, 1.807) is 0 Å². The first-order chi connectivity index (χ1) is 9.90. The minimum absolute atomic E-state index is 0.186. The number of carbonyl (C=O) groups is 1. The molecule has 0 saturated carbocycles. The predicted molar refractivity (Wildman–Crippen MR) is 88.7 cm³/mol. The number of hydrogen-bond donors (Lipinski definition) is 2. The van der Waals surface area contributed by atoms with Gasteiger partial charge in [0.2, 0.25) is 5.91 Å². The van der Waals surface area contributed by atoms with Crippen LogP contribution in [0.4, 0.5) is 0 Å². The number of benzene rings is 2. The minimum atomic E-state index is -0.666. The van der Waals surface area contributed by atoms with Crippen molar-refractivity contribution in [2.45, 2.75) is 25.4 Å². The highest BCUT2D eigenvalue weighted by Gasteiger charge is 2.26. The van der Waals surface area contributed by atoms with Crippen LogP contribution in [-0.2, 0) is 10.3 Å². The van der Waals surface area contributed by atoms with Gasteiger partial charge in [-0.05, 0) is 37.1 Å². The number of rotatable bonds is 4. The Bertz CT molecular complexity index is 608. The number of amides is 1. The van der Waals surface area contributed by atoms with Gasteiger partial charge in [-0.15, -0.1) is 0 Å². The van der Waals surface area contributed by atoms with Gasteiger partial charge >= 0.3 is 0 Å². The maximum absolute atomic E-state index is 12.4. The van der Waals surface area contributed by atoms with Crippen molar-refractivity contribution in [1.82, 2.24) is 5.32 Å². The molecule has 3 N–H and O–H groups in total. The summed E-state index contributed by atoms with van der Waals surface area (Å²) in [6.07, 6.45) is 0. The third-order valence-corrected chi connectivity index (χ3v) is 3.97. The molecular weight excluding hydrogens is 328 g/mol. The maximum atomic E-state index is 12.4. The summed E-state index contributed by atoms with van der Waals surface area (Å²) in [6, 6.07) is 16.6. The second-order valence-electron chi connectivity index (χ2n) is 5.51. The second-order valence-corrected chi connectivity index (χ2v) is 6.43. The van der Waals surface area contributed by atoms with E-state index in [2.05, 4.69) is 21.2 Å². The predicted octanol–water partition coefficient (Wildman–Crippen LogP) is 3.50. The Kier molecular flexibility index (Phi) is 4.80. The number of nitrogens with two attached hydrogens (primary N) is 1. The number of hydrogen-bond acceptors (Lipinski definition) is 2. The average Bonchev–Trinajstić information content (AvgIpc) is 2.47. The van der Waals surface area contributed by atoms with Crippen LogP contribution in [0, 0.1) is 0 Å². The van der Waals surface area contributed by atoms with Crippen LogP contribution in [0.3, 0.4) is 0 Å². The van der Waals surface area contributed by atoms with Crippen LogP contribution < -0.4 is 11.1 Å². The van der Waals surface area contributed by atoms with E-state index in [9.17, 15) is 4.79 Å². The molecule has 110 valence electrons. The molecule has 0 heterocycles. The molecular formula is C17H19BrN2O. The highest BCUT2D eigenvalue weighted by Crippen LogP contribution is 2.23. The smallest absolute Gasteiger partial charge is 0.242 e. The van der Waals surface area contributed by atoms with Gasteiger partial charge in [0.15, 0.2) is 0 Å². The lowest BCUT2D eigenvalue weighted by atomic mass is 9.93. The van der Waals surface area contributed by atoms with E-state index < -0.39 is 11.6 Å². The van der Waals surface area contributed by atoms with Crippen molar-refractivity contribution in [3.05, 3.63) is 70.2 Å². The molecule has 1 atom stereocenters. The molecule has 0 unspecified atom stereocenters. The summed E-state index contributed by atoms with van der Waals surface area (Å²) < 4.78 is 1.01. The highest BCUT2D eigenvalue weighted by atomic mass is 79.9. The van der Waals surface area contributed by atoms with Gasteiger partial charge in [0.1, 0.15) is 6.04 Å². The molecule has 0 bridgehead atoms. The summed E-state index contributed by atoms with van der Waals surface area (Å²) >= 11 is 3.41. The maximum Gasteiger partial charge on any atom is 0.242 e. The van der Waals surface area contributed by atoms with Crippen LogP contribution in [0.15, 0.2) is 59.1 Å². The molecule has 0 aliphatic heterocycles. The first-order valence-corrected chi connectivity index (χ1v) is 7.58. The lowest BCUT2D eigenvalue weighted by molar-refractivity contribution is -0.124. The van der Waals surface area contributed by atoms with E-state index in [-0.39, 0.29) is 5.91 Å². The van der Waals surface area contributed by atoms with E-state index in [4.69, 9.17) is 5.73 Å². The molecule has 3 nitrogen and oxygen atoms in total. The SMILES string of the molecule is CC(C)(NC(=O)[C@H](N)c1ccccc1)c1ccc(Br)cc1. The Morgan fingerprint density at radius 1 is 1.10 bits per heavy atom. The van der Waals surface area contributed by atoms with E-state index in [1.807, 2.05) is 68.4 Å². The standard InChI is InChI=1S/C17H19BrN2O/c1-17(2,13-8-10-14(18)11-9-13)20-16(21)15(19)12-6-4-3-5-7-12/h3-11,15H,19H2,1-2H3,(H,20,21)/t15-/m1/s1. The summed E-state index contributed by atoms with van der Waals surface area (Å²) in [5.41, 5.74) is 7.38. The molecule has 2 rings (SSSR count). The van der Waals surface area contributed by atoms with E-state index >= 15 is 0 Å². The summed E-state index contributed by atoms with van der Waals surface area (Å²) in [5, 5.41) is 3.01. The van der Waals surface area contributed by atoms with E-state index in [0.29, 0.717) is 0 Å². The molecule has 2 aromatic carbocycles. The molecule has 4 heteroatoms. The van der Waals surface area contributed by atoms with Gasteiger partial charge in [-0.3, -0.25) is 4.79 Å². The van der Waals surface area contributed by atoms with E-state index in [1.165, 1.54) is 0 Å². The second kappa shape index (κ2) is 6.41. The fourth-order valence-corrected chi connectivity index (χ4v) is 2.40. The molecule has 0 aromatic heterocycles. The van der Waals surface area contributed by atoms with Crippen molar-refractivity contribution in [2.24, 2.45) is 5.73 Å². The van der Waals surface area contributed by atoms with Crippen LogP contribution in [0.1, 0.15) is 31.0 Å². The van der Waals surface area contributed by atoms with Gasteiger partial charge in [0.25, 0.3) is 0 Å². The molecule has 0 spiro atoms. The van der Waals surface area contributed by atoms with Gasteiger partial charge in [-0.2, -0.15) is 0 Å². The summed E-state index contributed by atoms with van der Waals surface area (Å²) in [5.74, 6) is -0.186. The Labute approximate surface area is 133 Å². The van der Waals surface area contributed by atoms with Crippen molar-refractivity contribution >= 4 is 21.8 Å². The monoisotopic (exact) mass is 346 g/mol. The third kappa shape index (κ3) is 3.93. The van der Waals surface area contributed by atoms with Crippen molar-refractivity contribution < 1.29 is 4.79 Å². The Morgan fingerprint density at radius 2 is 1.67 bits per heavy atom. The van der Waals surface area contributed by atoms with Crippen molar-refractivity contribution in [3.63, 3.8) is 0 Å². The van der Waals surface area contributed by atoms with E-state index in [0.717, 1.165) is 15.6 Å². The van der Waals surface area contributed by atoms with Gasteiger partial charge in [0.05, 0.1) is 5.54 Å². The molecule has 21 heavy (non-hydrogen) atoms. The van der Waals surface area contributed by atoms with Crippen LogP contribution in [0.5, 0.6) is 0 Å². The zero-order valence-electron chi connectivity index (χ0n) is 12.1. The third-order valence-electron chi connectivity index (χ3n) is 3.44. The number of halogens is 1. The van der Waals surface area contributed by atoms with Gasteiger partial charge < -0.3 is 11.1 Å². The van der Waals surface area contributed by atoms with Crippen LogP contribution in [0.2, 0.25) is 0 Å². The van der Waals surface area contributed by atoms with Gasteiger partial charge in [-0.25, -0.2) is 0 Å². The summed E-state index contributed by atoms with van der Waals surface area (Å²) in [7, 11) is 0. The fourth-order valence-electron chi connectivity index (χ4n) is 2.14. The lowest BCUT2D eigenvalue weighted by Gasteiger charge is -2.28. The molecule has 0 fully saturated rings. The van der Waals surface area contributed by atoms with Crippen molar-refractivity contribution in [1.29, 1.82) is 0 Å². The Morgan fingerprint density at radius 3 is 2.24 bits per heavy atom. The lowest BCUT2D eigenvalue weighted by Crippen LogP contribution is -2.45. The molecule has 0 aliphatic rings. The zero-order valence-corrected chi connectivity index (χ0v) is 13.7. The Balaban J connectivity index is 2.12. The van der Waals surface area contributed by atoms with Crippen LogP contribution in [0.25, 0.3) is 0 Å². The van der Waals surface area contributed by atoms with Crippen LogP contribution in [-0.4, -0.2) is 5.91 Å². The van der Waals surface area contributed by atoms with Gasteiger partial charge in [-0.1, -0.05) is 58.4 Å². The van der Waals surface area contributed by atoms with Crippen molar-refractivity contribution in [2.75, 3.05) is 0 Å². The summed E-state index contributed by atoms with van der Waals surface area (Å²) in [6.45, 7) is 3.93. The van der Waals surface area contributed by atoms with Crippen molar-refractivity contribution in [3.8, 4) is 0 Å². The number of carbonyl (C=O) groups excluding carboxylic acids is 1. The average molecular weight is 347 g/mol. The molecule has 2 aromatic rings. The summed E-state index contributed by atoms with van der Waals surface area (Å²) in [4.78, 5) is 12.4. The molecule has 0 radical (unpaired) electrons. The molecule has 1 amide bonds. The topological polar surface area (TPSA) is 55.1 Å². The first-order valence-electron chi connectivity index (χ1n) is 6.79. The quantitative estimate of drug-likeness (QED) is 0.889. The first kappa shape index (κ1) is 15.7. The van der Waals surface area contributed by atoms with Crippen LogP contribution >= 0.6 is 15.9 Å². The van der Waals surface area contributed by atoms with Gasteiger partial charge in [0, 0.05) is 4.47 Å². The minimum Gasteiger partial charge on any atom is -0.345 e. The normalized spacial score (nSPS) is 12.8. The number of nitrogens with one attached hydrogen (secondary N) is 1. The molecule has 0 saturated heterocycles. The Hall–Kier alpha value is -1.65. The molecule has 0 aliphatic carbocycles. The largest absolute Gasteiger partial charge is 0.345 e. The fraction of sp³-hybridized carbons (Fsp3) is 0.235. The highest BCUT2D eigenvalue weighted by molar-refractivity contribution is 9.10. The zero-order chi connectivity index (χ0) is 15.5.